The molecule has 2 N–H and O–H groups in total. The van der Waals surface area contributed by atoms with Gasteiger partial charge in [0.1, 0.15) is 0 Å². The molecule has 0 aliphatic rings. The van der Waals surface area contributed by atoms with E-state index in [9.17, 15) is 0 Å². The Hall–Kier alpha value is -2.09. The molecule has 5 heteroatoms. The summed E-state index contributed by atoms with van der Waals surface area (Å²) in [6.45, 7) is 2.97. The summed E-state index contributed by atoms with van der Waals surface area (Å²) < 4.78 is 0. The van der Waals surface area contributed by atoms with Crippen LogP contribution in [0.2, 0.25) is 0 Å². The molecule has 1 heterocycles. The second-order valence-corrected chi connectivity index (χ2v) is 5.30. The second-order valence-electron chi connectivity index (χ2n) is 5.30. The monoisotopic (exact) mass is 301 g/mol. The minimum absolute atomic E-state index is 0.497. The highest BCUT2D eigenvalue weighted by Gasteiger charge is 1.98. The number of aromatic nitrogens is 1. The van der Waals surface area contributed by atoms with Gasteiger partial charge in [0, 0.05) is 24.6 Å². The molecular formula is C17H27N5. The maximum Gasteiger partial charge on any atom is 0.209 e. The number of aliphatic imine (C=N–C) groups is 1. The summed E-state index contributed by atoms with van der Waals surface area (Å²) in [4.78, 5) is 8.36. The van der Waals surface area contributed by atoms with Gasteiger partial charge in [0.05, 0.1) is 0 Å². The van der Waals surface area contributed by atoms with Gasteiger partial charge in [0.25, 0.3) is 0 Å². The summed E-state index contributed by atoms with van der Waals surface area (Å²) in [5.41, 5.74) is 0.868. The number of nitriles is 1. The Balaban J connectivity index is 2.19. The molecule has 22 heavy (non-hydrogen) atoms. The number of unbranched alkanes of at least 4 members (excludes halogenated alkanes) is 7. The number of hydrogen-bond donors (Lipinski definition) is 2. The Bertz CT molecular complexity index is 450. The standard InChI is InChI=1S/C17H27N5/c1-2-3-4-5-6-7-8-9-12-20-17(21-15-18)22-16-10-13-19-14-11-16/h10-11,13-14H,2-9,12H2,1H3,(H2,19,20,21,22). The molecule has 5 nitrogen and oxygen atoms in total. The van der Waals surface area contributed by atoms with Crippen LogP contribution in [0.4, 0.5) is 5.69 Å². The number of rotatable bonds is 10. The third kappa shape index (κ3) is 8.96. The van der Waals surface area contributed by atoms with Crippen molar-refractivity contribution in [2.24, 2.45) is 4.99 Å². The average Bonchev–Trinajstić information content (AvgIpc) is 2.54. The zero-order chi connectivity index (χ0) is 15.9. The lowest BCUT2D eigenvalue weighted by atomic mass is 10.1. The van der Waals surface area contributed by atoms with E-state index in [1.165, 1.54) is 44.9 Å². The first-order valence-corrected chi connectivity index (χ1v) is 8.23. The smallest absolute Gasteiger partial charge is 0.209 e. The Kier molecular flexibility index (Phi) is 10.3. The normalized spacial score (nSPS) is 11.0. The molecule has 0 spiro atoms. The largest absolute Gasteiger partial charge is 0.325 e. The van der Waals surface area contributed by atoms with Crippen molar-refractivity contribution in [3.05, 3.63) is 24.5 Å². The summed E-state index contributed by atoms with van der Waals surface area (Å²) >= 11 is 0. The highest BCUT2D eigenvalue weighted by Crippen LogP contribution is 2.08. The van der Waals surface area contributed by atoms with Crippen LogP contribution in [-0.4, -0.2) is 17.5 Å². The van der Waals surface area contributed by atoms with Crippen LogP contribution < -0.4 is 10.6 Å². The van der Waals surface area contributed by atoms with Gasteiger partial charge in [0.2, 0.25) is 5.96 Å². The van der Waals surface area contributed by atoms with Crippen LogP contribution in [0.3, 0.4) is 0 Å². The van der Waals surface area contributed by atoms with Crippen molar-refractivity contribution >= 4 is 11.6 Å². The van der Waals surface area contributed by atoms with Gasteiger partial charge in [-0.25, -0.2) is 0 Å². The molecule has 1 aromatic rings. The van der Waals surface area contributed by atoms with Gasteiger partial charge in [-0.1, -0.05) is 51.9 Å². The third-order valence-electron chi connectivity index (χ3n) is 3.40. The van der Waals surface area contributed by atoms with E-state index in [1.807, 2.05) is 18.3 Å². The van der Waals surface area contributed by atoms with Gasteiger partial charge in [-0.3, -0.25) is 15.3 Å². The van der Waals surface area contributed by atoms with E-state index in [0.29, 0.717) is 5.96 Å². The molecule has 0 fully saturated rings. The van der Waals surface area contributed by atoms with Gasteiger partial charge in [-0.05, 0) is 18.6 Å². The lowest BCUT2D eigenvalue weighted by molar-refractivity contribution is 0.578. The first kappa shape index (κ1) is 18.0. The number of guanidine groups is 1. The maximum atomic E-state index is 8.76. The second kappa shape index (κ2) is 12.6. The van der Waals surface area contributed by atoms with Crippen molar-refractivity contribution in [1.82, 2.24) is 10.3 Å². The van der Waals surface area contributed by atoms with Crippen LogP contribution >= 0.6 is 0 Å². The maximum absolute atomic E-state index is 8.76. The molecule has 0 aliphatic carbocycles. The Morgan fingerprint density at radius 3 is 2.36 bits per heavy atom. The minimum Gasteiger partial charge on any atom is -0.325 e. The Morgan fingerprint density at radius 1 is 1.09 bits per heavy atom. The molecule has 1 aromatic heterocycles. The van der Waals surface area contributed by atoms with Crippen LogP contribution in [0.5, 0.6) is 0 Å². The van der Waals surface area contributed by atoms with Gasteiger partial charge in [-0.2, -0.15) is 5.26 Å². The molecule has 0 unspecified atom stereocenters. The fourth-order valence-electron chi connectivity index (χ4n) is 2.17. The highest BCUT2D eigenvalue weighted by atomic mass is 15.2. The Labute approximate surface area is 133 Å². The van der Waals surface area contributed by atoms with E-state index < -0.39 is 0 Å². The van der Waals surface area contributed by atoms with Crippen molar-refractivity contribution in [2.45, 2.75) is 58.3 Å². The number of nitrogens with zero attached hydrogens (tertiary/aromatic N) is 3. The molecule has 0 aliphatic heterocycles. The van der Waals surface area contributed by atoms with Crippen molar-refractivity contribution in [1.29, 1.82) is 5.26 Å². The molecule has 0 amide bonds. The zero-order valence-corrected chi connectivity index (χ0v) is 13.5. The van der Waals surface area contributed by atoms with Crippen LogP contribution in [0.1, 0.15) is 58.3 Å². The zero-order valence-electron chi connectivity index (χ0n) is 13.5. The lowest BCUT2D eigenvalue weighted by Crippen LogP contribution is -2.27. The molecular weight excluding hydrogens is 274 g/mol. The van der Waals surface area contributed by atoms with Crippen molar-refractivity contribution < 1.29 is 0 Å². The molecule has 0 bridgehead atoms. The number of hydrogen-bond acceptors (Lipinski definition) is 3. The summed E-state index contributed by atoms with van der Waals surface area (Å²) in [6, 6.07) is 3.68. The minimum atomic E-state index is 0.497. The first-order chi connectivity index (χ1) is 10.9. The highest BCUT2D eigenvalue weighted by molar-refractivity contribution is 5.94. The van der Waals surface area contributed by atoms with E-state index in [1.54, 1.807) is 12.4 Å². The topological polar surface area (TPSA) is 73.1 Å². The molecule has 0 saturated heterocycles. The van der Waals surface area contributed by atoms with Crippen molar-refractivity contribution in [3.63, 3.8) is 0 Å². The van der Waals surface area contributed by atoms with Crippen LogP contribution in [-0.2, 0) is 0 Å². The van der Waals surface area contributed by atoms with Gasteiger partial charge in [-0.15, -0.1) is 0 Å². The first-order valence-electron chi connectivity index (χ1n) is 8.23. The van der Waals surface area contributed by atoms with E-state index in [4.69, 9.17) is 5.26 Å². The fourth-order valence-corrected chi connectivity index (χ4v) is 2.17. The number of anilines is 1. The summed E-state index contributed by atoms with van der Waals surface area (Å²) in [6.07, 6.45) is 15.5. The molecule has 0 atom stereocenters. The van der Waals surface area contributed by atoms with Gasteiger partial charge >= 0.3 is 0 Å². The summed E-state index contributed by atoms with van der Waals surface area (Å²) in [7, 11) is 0. The van der Waals surface area contributed by atoms with Crippen LogP contribution in [0, 0.1) is 11.5 Å². The number of nitrogens with one attached hydrogen (secondary N) is 2. The molecule has 0 aromatic carbocycles. The van der Waals surface area contributed by atoms with E-state index >= 15 is 0 Å². The molecule has 0 saturated carbocycles. The average molecular weight is 301 g/mol. The lowest BCUT2D eigenvalue weighted by Gasteiger charge is -2.07. The van der Waals surface area contributed by atoms with Crippen LogP contribution in [0.25, 0.3) is 0 Å². The summed E-state index contributed by atoms with van der Waals surface area (Å²) in [5, 5.41) is 14.4. The molecule has 1 rings (SSSR count). The van der Waals surface area contributed by atoms with Crippen molar-refractivity contribution in [2.75, 3.05) is 11.9 Å². The Morgan fingerprint density at radius 2 is 1.73 bits per heavy atom. The quantitative estimate of drug-likeness (QED) is 0.225. The molecule has 120 valence electrons. The summed E-state index contributed by atoms with van der Waals surface area (Å²) in [5.74, 6) is 0.497. The predicted molar refractivity (Wildman–Crippen MR) is 91.5 cm³/mol. The van der Waals surface area contributed by atoms with E-state index in [-0.39, 0.29) is 0 Å². The van der Waals surface area contributed by atoms with Gasteiger partial charge < -0.3 is 5.32 Å². The number of pyridine rings is 1. The van der Waals surface area contributed by atoms with Crippen LogP contribution in [0.15, 0.2) is 29.5 Å². The van der Waals surface area contributed by atoms with Gasteiger partial charge in [0.15, 0.2) is 6.19 Å². The third-order valence-corrected chi connectivity index (χ3v) is 3.40. The predicted octanol–water partition coefficient (Wildman–Crippen LogP) is 4.06. The molecule has 0 radical (unpaired) electrons. The van der Waals surface area contributed by atoms with E-state index in [0.717, 1.165) is 18.7 Å². The van der Waals surface area contributed by atoms with E-state index in [2.05, 4.69) is 27.5 Å². The fraction of sp³-hybridized carbons (Fsp3) is 0.588. The SMILES string of the molecule is CCCCCCCCCCN=C(NC#N)Nc1ccncc1. The van der Waals surface area contributed by atoms with Crippen molar-refractivity contribution in [3.8, 4) is 6.19 Å².